The minimum Gasteiger partial charge on any atom is -0.356 e. The number of hydrogen-bond donors (Lipinski definition) is 3. The molecule has 4 aromatic heterocycles. The van der Waals surface area contributed by atoms with E-state index in [0.717, 1.165) is 71.8 Å². The van der Waals surface area contributed by atoms with Crippen LogP contribution < -0.4 is 16.0 Å². The van der Waals surface area contributed by atoms with Crippen LogP contribution in [-0.4, -0.2) is 49.6 Å². The first-order valence-electron chi connectivity index (χ1n) is 12.7. The number of fused-ring (bicyclic) bond motifs is 2. The minimum atomic E-state index is -0.221. The van der Waals surface area contributed by atoms with E-state index in [-0.39, 0.29) is 17.9 Å². The van der Waals surface area contributed by atoms with Gasteiger partial charge in [-0.15, -0.1) is 0 Å². The first-order valence-corrected chi connectivity index (χ1v) is 12.7. The van der Waals surface area contributed by atoms with Gasteiger partial charge in [-0.05, 0) is 55.7 Å². The highest BCUT2D eigenvalue weighted by atomic mass is 16.1. The second-order valence-corrected chi connectivity index (χ2v) is 9.78. The van der Waals surface area contributed by atoms with Crippen molar-refractivity contribution in [3.05, 3.63) is 84.1 Å². The van der Waals surface area contributed by atoms with Crippen molar-refractivity contribution in [2.45, 2.75) is 38.1 Å². The van der Waals surface area contributed by atoms with Gasteiger partial charge in [0.05, 0.1) is 17.4 Å². The Morgan fingerprint density at radius 3 is 2.84 bits per heavy atom. The number of carbonyl (C=O) groups is 1. The zero-order valence-corrected chi connectivity index (χ0v) is 20.8. The van der Waals surface area contributed by atoms with E-state index in [1.165, 1.54) is 0 Å². The number of carbonyl (C=O) groups excluding carboxylic acids is 1. The molecule has 1 fully saturated rings. The molecule has 1 aromatic carbocycles. The average Bonchev–Trinajstić information content (AvgIpc) is 3.55. The van der Waals surface area contributed by atoms with Crippen molar-refractivity contribution in [3.8, 4) is 0 Å². The van der Waals surface area contributed by atoms with Gasteiger partial charge in [0, 0.05) is 48.0 Å². The summed E-state index contributed by atoms with van der Waals surface area (Å²) in [6.45, 7) is 4.03. The molecule has 0 spiro atoms. The second-order valence-electron chi connectivity index (χ2n) is 9.78. The molecular weight excluding hydrogens is 464 g/mol. The zero-order valence-electron chi connectivity index (χ0n) is 20.8. The van der Waals surface area contributed by atoms with Gasteiger partial charge in [0.2, 0.25) is 0 Å². The third kappa shape index (κ3) is 4.53. The highest BCUT2D eigenvalue weighted by molar-refractivity contribution is 6.08. The molecule has 0 bridgehead atoms. The maximum Gasteiger partial charge on any atom is 0.274 e. The normalized spacial score (nSPS) is 15.4. The Balaban J connectivity index is 1.25. The number of aromatic amines is 1. The van der Waals surface area contributed by atoms with Crippen molar-refractivity contribution in [3.63, 3.8) is 0 Å². The molecule has 1 atom stereocenters. The first kappa shape index (κ1) is 23.2. The van der Waals surface area contributed by atoms with Gasteiger partial charge in [-0.25, -0.2) is 9.97 Å². The number of imidazole rings is 1. The Labute approximate surface area is 214 Å². The topological polar surface area (TPSA) is 117 Å². The number of nitrogens with zero attached hydrogens (tertiary/aromatic N) is 5. The molecule has 37 heavy (non-hydrogen) atoms. The third-order valence-electron chi connectivity index (χ3n) is 7.17. The standard InChI is InChI=1S/C28H30N8O/c1-18(16-20-6-4-10-25(31-20)35-14-11-19(29)12-15-35)27-26-21(7-5-8-22(26)33-34-27)32-28(37)23-17-30-24-9-2-3-13-36(23)24/h2-10,13,17-19H,11-12,14-16,29H2,1H3,(H,32,37)(H,33,34). The number of nitrogens with one attached hydrogen (secondary N) is 2. The molecule has 9 heteroatoms. The lowest BCUT2D eigenvalue weighted by Crippen LogP contribution is -2.40. The Kier molecular flexibility index (Phi) is 6.05. The number of hydrogen-bond acceptors (Lipinski definition) is 6. The monoisotopic (exact) mass is 494 g/mol. The molecule has 0 saturated carbocycles. The lowest BCUT2D eigenvalue weighted by molar-refractivity contribution is 0.102. The van der Waals surface area contributed by atoms with Crippen LogP contribution >= 0.6 is 0 Å². The number of pyridine rings is 2. The summed E-state index contributed by atoms with van der Waals surface area (Å²) in [4.78, 5) is 24.8. The fraction of sp³-hybridized carbons (Fsp3) is 0.286. The Morgan fingerprint density at radius 1 is 1.14 bits per heavy atom. The average molecular weight is 495 g/mol. The molecule has 0 aliphatic carbocycles. The maximum atomic E-state index is 13.2. The van der Waals surface area contributed by atoms with E-state index in [4.69, 9.17) is 10.7 Å². The Morgan fingerprint density at radius 2 is 1.97 bits per heavy atom. The van der Waals surface area contributed by atoms with E-state index < -0.39 is 0 Å². The van der Waals surface area contributed by atoms with Gasteiger partial charge < -0.3 is 16.0 Å². The molecule has 1 saturated heterocycles. The van der Waals surface area contributed by atoms with E-state index in [1.54, 1.807) is 10.6 Å². The SMILES string of the molecule is CC(Cc1cccc(N2CCC(N)CC2)n1)c1[nH]nc2cccc(NC(=O)c3cnc4ccccn34)c12. The predicted octanol–water partition coefficient (Wildman–Crippen LogP) is 4.13. The van der Waals surface area contributed by atoms with Gasteiger partial charge in [0.1, 0.15) is 17.2 Å². The van der Waals surface area contributed by atoms with Crippen LogP contribution in [0.4, 0.5) is 11.5 Å². The molecular formula is C28H30N8O. The van der Waals surface area contributed by atoms with Crippen molar-refractivity contribution in [1.29, 1.82) is 0 Å². The number of H-pyrrole nitrogens is 1. The van der Waals surface area contributed by atoms with Gasteiger partial charge in [-0.2, -0.15) is 5.10 Å². The smallest absolute Gasteiger partial charge is 0.274 e. The quantitative estimate of drug-likeness (QED) is 0.327. The molecule has 6 rings (SSSR count). The van der Waals surface area contributed by atoms with Crippen LogP contribution in [0.2, 0.25) is 0 Å². The van der Waals surface area contributed by atoms with E-state index >= 15 is 0 Å². The molecule has 5 aromatic rings. The molecule has 4 N–H and O–H groups in total. The van der Waals surface area contributed by atoms with E-state index in [1.807, 2.05) is 42.6 Å². The number of aromatic nitrogens is 5. The molecule has 9 nitrogen and oxygen atoms in total. The van der Waals surface area contributed by atoms with Crippen LogP contribution in [0, 0.1) is 0 Å². The zero-order chi connectivity index (χ0) is 25.4. The molecule has 188 valence electrons. The van der Waals surface area contributed by atoms with Crippen molar-refractivity contribution >= 4 is 34.0 Å². The van der Waals surface area contributed by atoms with E-state index in [9.17, 15) is 4.79 Å². The molecule has 1 amide bonds. The van der Waals surface area contributed by atoms with E-state index in [0.29, 0.717) is 5.69 Å². The summed E-state index contributed by atoms with van der Waals surface area (Å²) in [6.07, 6.45) is 6.16. The number of benzene rings is 1. The van der Waals surface area contributed by atoms with E-state index in [2.05, 4.69) is 50.5 Å². The van der Waals surface area contributed by atoms with Gasteiger partial charge >= 0.3 is 0 Å². The van der Waals surface area contributed by atoms with Crippen molar-refractivity contribution in [2.24, 2.45) is 5.73 Å². The van der Waals surface area contributed by atoms with Crippen molar-refractivity contribution in [1.82, 2.24) is 24.6 Å². The largest absolute Gasteiger partial charge is 0.356 e. The fourth-order valence-corrected chi connectivity index (χ4v) is 5.14. The predicted molar refractivity (Wildman–Crippen MR) is 145 cm³/mol. The Hall–Kier alpha value is -4.24. The number of nitrogens with two attached hydrogens (primary N) is 1. The van der Waals surface area contributed by atoms with Gasteiger partial charge in [0.15, 0.2) is 0 Å². The highest BCUT2D eigenvalue weighted by Crippen LogP contribution is 2.32. The van der Waals surface area contributed by atoms with Gasteiger partial charge in [0.25, 0.3) is 5.91 Å². The van der Waals surface area contributed by atoms with Crippen LogP contribution in [0.1, 0.15) is 47.6 Å². The minimum absolute atomic E-state index is 0.108. The van der Waals surface area contributed by atoms with Crippen molar-refractivity contribution < 1.29 is 4.79 Å². The van der Waals surface area contributed by atoms with Crippen LogP contribution in [0.5, 0.6) is 0 Å². The number of amides is 1. The van der Waals surface area contributed by atoms with Crippen LogP contribution in [0.15, 0.2) is 67.0 Å². The fourth-order valence-electron chi connectivity index (χ4n) is 5.14. The van der Waals surface area contributed by atoms with Gasteiger partial charge in [-0.1, -0.05) is 25.1 Å². The molecule has 5 heterocycles. The molecule has 1 unspecified atom stereocenters. The first-order chi connectivity index (χ1) is 18.1. The lowest BCUT2D eigenvalue weighted by atomic mass is 9.97. The molecule has 1 aliphatic rings. The third-order valence-corrected chi connectivity index (χ3v) is 7.17. The van der Waals surface area contributed by atoms with Crippen LogP contribution in [0.3, 0.4) is 0 Å². The van der Waals surface area contributed by atoms with Crippen LogP contribution in [0.25, 0.3) is 16.6 Å². The summed E-state index contributed by atoms with van der Waals surface area (Å²) in [6, 6.07) is 17.9. The summed E-state index contributed by atoms with van der Waals surface area (Å²) in [5.41, 5.74) is 10.8. The Bertz CT molecular complexity index is 1560. The number of anilines is 2. The summed E-state index contributed by atoms with van der Waals surface area (Å²) in [5, 5.41) is 11.8. The van der Waals surface area contributed by atoms with Gasteiger partial charge in [-0.3, -0.25) is 14.3 Å². The maximum absolute atomic E-state index is 13.2. The second kappa shape index (κ2) is 9.67. The number of rotatable bonds is 6. The van der Waals surface area contributed by atoms with Crippen LogP contribution in [-0.2, 0) is 6.42 Å². The summed E-state index contributed by atoms with van der Waals surface area (Å²) in [5.74, 6) is 0.894. The molecule has 0 radical (unpaired) electrons. The summed E-state index contributed by atoms with van der Waals surface area (Å²) < 4.78 is 1.78. The summed E-state index contributed by atoms with van der Waals surface area (Å²) in [7, 11) is 0. The lowest BCUT2D eigenvalue weighted by Gasteiger charge is -2.31. The van der Waals surface area contributed by atoms with Crippen molar-refractivity contribution in [2.75, 3.05) is 23.3 Å². The highest BCUT2D eigenvalue weighted by Gasteiger charge is 2.21. The summed E-state index contributed by atoms with van der Waals surface area (Å²) >= 11 is 0. The number of piperidine rings is 1. The molecule has 1 aliphatic heterocycles.